The molecule has 188 valence electrons. The Labute approximate surface area is 216 Å². The molecule has 36 heavy (non-hydrogen) atoms. The number of aromatic nitrogens is 2. The van der Waals surface area contributed by atoms with E-state index in [1.54, 1.807) is 11.7 Å². The fourth-order valence-corrected chi connectivity index (χ4v) is 6.79. The van der Waals surface area contributed by atoms with Crippen LogP contribution in [0.2, 0.25) is 0 Å². The van der Waals surface area contributed by atoms with Crippen LogP contribution in [0.4, 0.5) is 0 Å². The first-order valence-corrected chi connectivity index (χ1v) is 13.8. The molecular weight excluding hydrogens is 470 g/mol. The molecule has 2 aliphatic carbocycles. The third kappa shape index (κ3) is 4.23. The van der Waals surface area contributed by atoms with E-state index in [0.29, 0.717) is 29.7 Å². The summed E-state index contributed by atoms with van der Waals surface area (Å²) in [5.74, 6) is 0.943. The van der Waals surface area contributed by atoms with Gasteiger partial charge >= 0.3 is 0 Å². The molecule has 7 heteroatoms. The Hall–Kier alpha value is -3.06. The summed E-state index contributed by atoms with van der Waals surface area (Å²) in [6.45, 7) is 5.28. The van der Waals surface area contributed by atoms with E-state index in [0.717, 1.165) is 48.9 Å². The number of ether oxygens (including phenoxy) is 1. The van der Waals surface area contributed by atoms with Gasteiger partial charge in [0.05, 0.1) is 29.8 Å². The van der Waals surface area contributed by atoms with Crippen LogP contribution in [0.5, 0.6) is 5.75 Å². The molecule has 1 fully saturated rings. The molecule has 0 atom stereocenters. The highest BCUT2D eigenvalue weighted by molar-refractivity contribution is 7.99. The SMILES string of the molecule is CCN(CC)C(=O)CSc1nc2c(c(=O)n1-c1cccc(OC)c1)C1(CCCC1)Cc1ccccc1-2. The van der Waals surface area contributed by atoms with Crippen LogP contribution in [0.1, 0.15) is 50.7 Å². The Morgan fingerprint density at radius 1 is 1.11 bits per heavy atom. The minimum absolute atomic E-state index is 0.0255. The highest BCUT2D eigenvalue weighted by Crippen LogP contribution is 2.50. The van der Waals surface area contributed by atoms with Crippen molar-refractivity contribution in [1.29, 1.82) is 0 Å². The zero-order valence-corrected chi connectivity index (χ0v) is 22.1. The zero-order valence-electron chi connectivity index (χ0n) is 21.3. The van der Waals surface area contributed by atoms with Crippen LogP contribution in [-0.2, 0) is 16.6 Å². The summed E-state index contributed by atoms with van der Waals surface area (Å²) in [5, 5.41) is 0.539. The fraction of sp³-hybridized carbons (Fsp3) is 0.414. The number of carbonyl (C=O) groups is 1. The van der Waals surface area contributed by atoms with Crippen molar-refractivity contribution in [2.75, 3.05) is 26.0 Å². The molecule has 0 bridgehead atoms. The molecule has 0 saturated heterocycles. The van der Waals surface area contributed by atoms with Crippen molar-refractivity contribution in [2.24, 2.45) is 0 Å². The lowest BCUT2D eigenvalue weighted by molar-refractivity contribution is -0.127. The summed E-state index contributed by atoms with van der Waals surface area (Å²) in [5.41, 5.74) is 4.42. The monoisotopic (exact) mass is 503 g/mol. The number of hydrogen-bond donors (Lipinski definition) is 0. The van der Waals surface area contributed by atoms with Gasteiger partial charge in [-0.25, -0.2) is 4.98 Å². The highest BCUT2D eigenvalue weighted by Gasteiger charge is 2.44. The van der Waals surface area contributed by atoms with Crippen LogP contribution >= 0.6 is 11.8 Å². The van der Waals surface area contributed by atoms with Gasteiger partial charge in [0.15, 0.2) is 5.16 Å². The van der Waals surface area contributed by atoms with Gasteiger partial charge in [0, 0.05) is 30.1 Å². The molecule has 6 nitrogen and oxygen atoms in total. The molecule has 1 heterocycles. The molecule has 1 saturated carbocycles. The van der Waals surface area contributed by atoms with Crippen molar-refractivity contribution < 1.29 is 9.53 Å². The standard InChI is InChI=1S/C29H33N3O3S/c1-4-31(5-2)24(33)19-36-28-30-26-23-14-7-6-11-20(23)18-29(15-8-9-16-29)25(26)27(34)32(28)21-12-10-13-22(17-21)35-3/h6-7,10-14,17H,4-5,8-9,15-16,18-19H2,1-3H3. The Morgan fingerprint density at radius 3 is 2.58 bits per heavy atom. The van der Waals surface area contributed by atoms with Crippen LogP contribution in [0, 0.1) is 0 Å². The summed E-state index contributed by atoms with van der Waals surface area (Å²) in [7, 11) is 1.62. The predicted molar refractivity (Wildman–Crippen MR) is 144 cm³/mol. The Kier molecular flexibility index (Phi) is 6.93. The maximum Gasteiger partial charge on any atom is 0.263 e. The minimum atomic E-state index is -0.186. The second kappa shape index (κ2) is 10.1. The summed E-state index contributed by atoms with van der Waals surface area (Å²) in [6, 6.07) is 15.9. The Bertz CT molecular complexity index is 1340. The first-order chi connectivity index (χ1) is 17.5. The van der Waals surface area contributed by atoms with E-state index >= 15 is 0 Å². The number of nitrogens with zero attached hydrogens (tertiary/aromatic N) is 3. The molecule has 5 rings (SSSR count). The van der Waals surface area contributed by atoms with Crippen LogP contribution < -0.4 is 10.3 Å². The molecule has 1 amide bonds. The maximum absolute atomic E-state index is 14.5. The van der Waals surface area contributed by atoms with Crippen molar-refractivity contribution in [1.82, 2.24) is 14.5 Å². The lowest BCUT2D eigenvalue weighted by Crippen LogP contribution is -2.40. The summed E-state index contributed by atoms with van der Waals surface area (Å²) >= 11 is 1.33. The smallest absolute Gasteiger partial charge is 0.263 e. The van der Waals surface area contributed by atoms with Gasteiger partial charge in [-0.1, -0.05) is 54.9 Å². The molecule has 1 spiro atoms. The minimum Gasteiger partial charge on any atom is -0.497 e. The molecule has 2 aromatic carbocycles. The van der Waals surface area contributed by atoms with E-state index in [1.165, 1.54) is 17.3 Å². The molecular formula is C29H33N3O3S. The van der Waals surface area contributed by atoms with Gasteiger partial charge in [0.1, 0.15) is 5.75 Å². The Balaban J connectivity index is 1.72. The van der Waals surface area contributed by atoms with Crippen molar-refractivity contribution in [3.63, 3.8) is 0 Å². The van der Waals surface area contributed by atoms with Crippen LogP contribution in [0.3, 0.4) is 0 Å². The van der Waals surface area contributed by atoms with E-state index in [4.69, 9.17) is 9.72 Å². The lowest BCUT2D eigenvalue weighted by Gasteiger charge is -2.36. The first-order valence-electron chi connectivity index (χ1n) is 12.8. The number of rotatable bonds is 7. The molecule has 1 aromatic heterocycles. The number of hydrogen-bond acceptors (Lipinski definition) is 5. The third-order valence-electron chi connectivity index (χ3n) is 7.70. The molecule has 0 aliphatic heterocycles. The summed E-state index contributed by atoms with van der Waals surface area (Å²) in [4.78, 5) is 34.3. The molecule has 2 aliphatic rings. The largest absolute Gasteiger partial charge is 0.497 e. The van der Waals surface area contributed by atoms with E-state index in [2.05, 4.69) is 18.2 Å². The maximum atomic E-state index is 14.5. The predicted octanol–water partition coefficient (Wildman–Crippen LogP) is 5.24. The number of thioether (sulfide) groups is 1. The number of amides is 1. The van der Waals surface area contributed by atoms with Crippen LogP contribution in [-0.4, -0.2) is 46.3 Å². The van der Waals surface area contributed by atoms with Crippen molar-refractivity contribution in [3.8, 4) is 22.7 Å². The van der Waals surface area contributed by atoms with Gasteiger partial charge in [-0.3, -0.25) is 14.2 Å². The highest BCUT2D eigenvalue weighted by atomic mass is 32.2. The molecule has 3 aromatic rings. The summed E-state index contributed by atoms with van der Waals surface area (Å²) < 4.78 is 7.17. The summed E-state index contributed by atoms with van der Waals surface area (Å²) in [6.07, 6.45) is 5.11. The van der Waals surface area contributed by atoms with Gasteiger partial charge in [-0.15, -0.1) is 0 Å². The topological polar surface area (TPSA) is 64.4 Å². The van der Waals surface area contributed by atoms with E-state index in [-0.39, 0.29) is 22.6 Å². The average molecular weight is 504 g/mol. The van der Waals surface area contributed by atoms with E-state index < -0.39 is 0 Å². The molecule has 0 N–H and O–H groups in total. The zero-order chi connectivity index (χ0) is 25.3. The van der Waals surface area contributed by atoms with Crippen LogP contribution in [0.25, 0.3) is 16.9 Å². The number of fused-ring (bicyclic) bond motifs is 4. The Morgan fingerprint density at radius 2 is 1.86 bits per heavy atom. The molecule has 0 unspecified atom stereocenters. The van der Waals surface area contributed by atoms with Gasteiger partial charge in [0.25, 0.3) is 5.56 Å². The van der Waals surface area contributed by atoms with E-state index in [1.807, 2.05) is 49.1 Å². The third-order valence-corrected chi connectivity index (χ3v) is 8.62. The quantitative estimate of drug-likeness (QED) is 0.326. The average Bonchev–Trinajstić information content (AvgIpc) is 3.36. The van der Waals surface area contributed by atoms with Crippen molar-refractivity contribution in [2.45, 2.75) is 56.5 Å². The van der Waals surface area contributed by atoms with Gasteiger partial charge < -0.3 is 9.64 Å². The van der Waals surface area contributed by atoms with Gasteiger partial charge in [-0.05, 0) is 50.8 Å². The lowest BCUT2D eigenvalue weighted by atomic mass is 9.68. The number of carbonyl (C=O) groups excluding carboxylic acids is 1. The normalized spacial score (nSPS) is 15.4. The second-order valence-electron chi connectivity index (χ2n) is 9.64. The van der Waals surface area contributed by atoms with Crippen molar-refractivity contribution in [3.05, 3.63) is 70.0 Å². The number of methoxy groups -OCH3 is 1. The van der Waals surface area contributed by atoms with Crippen LogP contribution in [0.15, 0.2) is 58.5 Å². The second-order valence-corrected chi connectivity index (χ2v) is 10.6. The van der Waals surface area contributed by atoms with Gasteiger partial charge in [0.2, 0.25) is 5.91 Å². The van der Waals surface area contributed by atoms with Crippen molar-refractivity contribution >= 4 is 17.7 Å². The van der Waals surface area contributed by atoms with Gasteiger partial charge in [-0.2, -0.15) is 0 Å². The first kappa shape index (κ1) is 24.6. The number of benzene rings is 2. The molecule has 0 radical (unpaired) electrons. The fourth-order valence-electron chi connectivity index (χ4n) is 5.88. The van der Waals surface area contributed by atoms with E-state index in [9.17, 15) is 9.59 Å².